The van der Waals surface area contributed by atoms with Crippen LogP contribution in [0.5, 0.6) is 5.75 Å². The van der Waals surface area contributed by atoms with Gasteiger partial charge in [0.1, 0.15) is 24.2 Å². The predicted molar refractivity (Wildman–Crippen MR) is 197 cm³/mol. The molecule has 0 aliphatic heterocycles. The molecule has 3 rings (SSSR count). The van der Waals surface area contributed by atoms with E-state index in [0.29, 0.717) is 30.6 Å². The highest BCUT2D eigenvalue weighted by molar-refractivity contribution is 6.00. The molecular formula is C39H50N4O11. The van der Waals surface area contributed by atoms with E-state index in [1.54, 1.807) is 25.1 Å². The normalized spacial score (nSPS) is 12.4. The minimum absolute atomic E-state index is 0.0323. The number of esters is 2. The first-order valence-electron chi connectivity index (χ1n) is 17.9. The number of hydrogen-bond donors (Lipinski definition) is 3. The molecule has 0 aliphatic carbocycles. The van der Waals surface area contributed by atoms with Crippen molar-refractivity contribution in [3.8, 4) is 17.1 Å². The summed E-state index contributed by atoms with van der Waals surface area (Å²) in [7, 11) is 2.30. The molecular weight excluding hydrogens is 700 g/mol. The van der Waals surface area contributed by atoms with Crippen LogP contribution in [0.4, 0.5) is 0 Å². The lowest BCUT2D eigenvalue weighted by Crippen LogP contribution is -2.48. The van der Waals surface area contributed by atoms with Gasteiger partial charge in [0.2, 0.25) is 12.3 Å². The summed E-state index contributed by atoms with van der Waals surface area (Å²) in [5.74, 6) is -3.31. The maximum absolute atomic E-state index is 13.5. The number of amides is 4. The Morgan fingerprint density at radius 2 is 1.65 bits per heavy atom. The molecule has 0 fully saturated rings. The van der Waals surface area contributed by atoms with Crippen LogP contribution in [-0.4, -0.2) is 80.7 Å². The zero-order valence-corrected chi connectivity index (χ0v) is 31.4. The van der Waals surface area contributed by atoms with Crippen LogP contribution in [0.3, 0.4) is 0 Å². The molecule has 3 N–H and O–H groups in total. The van der Waals surface area contributed by atoms with Crippen molar-refractivity contribution >= 4 is 36.1 Å². The van der Waals surface area contributed by atoms with Crippen LogP contribution in [0.2, 0.25) is 0 Å². The number of nitrogens with one attached hydrogen (secondary N) is 3. The Morgan fingerprint density at radius 1 is 0.889 bits per heavy atom. The van der Waals surface area contributed by atoms with Crippen molar-refractivity contribution in [2.45, 2.75) is 78.0 Å². The van der Waals surface area contributed by atoms with Crippen molar-refractivity contribution in [2.24, 2.45) is 5.92 Å². The van der Waals surface area contributed by atoms with Crippen LogP contribution in [-0.2, 0) is 40.1 Å². The highest BCUT2D eigenvalue weighted by atomic mass is 16.7. The second kappa shape index (κ2) is 22.4. The van der Waals surface area contributed by atoms with Gasteiger partial charge >= 0.3 is 11.9 Å². The number of nitrogens with zero attached hydrogens (tertiary/aromatic N) is 1. The Morgan fingerprint density at radius 3 is 2.30 bits per heavy atom. The Kier molecular flexibility index (Phi) is 17.7. The molecule has 0 bridgehead atoms. The van der Waals surface area contributed by atoms with Gasteiger partial charge in [-0.25, -0.2) is 9.86 Å². The summed E-state index contributed by atoms with van der Waals surface area (Å²) < 4.78 is 20.8. The van der Waals surface area contributed by atoms with E-state index < -0.39 is 48.2 Å². The molecule has 0 radical (unpaired) electrons. The van der Waals surface area contributed by atoms with E-state index in [1.165, 1.54) is 17.2 Å². The van der Waals surface area contributed by atoms with Crippen LogP contribution in [0.15, 0.2) is 65.1 Å². The van der Waals surface area contributed by atoms with Crippen LogP contribution in [0.25, 0.3) is 11.3 Å². The molecule has 2 aromatic carbocycles. The van der Waals surface area contributed by atoms with E-state index >= 15 is 0 Å². The third-order valence-corrected chi connectivity index (χ3v) is 8.53. The number of rotatable bonds is 23. The first-order chi connectivity index (χ1) is 26.1. The zero-order valence-electron chi connectivity index (χ0n) is 31.4. The van der Waals surface area contributed by atoms with Gasteiger partial charge in [0.05, 0.1) is 51.4 Å². The van der Waals surface area contributed by atoms with Gasteiger partial charge in [-0.2, -0.15) is 0 Å². The lowest BCUT2D eigenvalue weighted by Gasteiger charge is -2.32. The summed E-state index contributed by atoms with van der Waals surface area (Å²) >= 11 is 0. The van der Waals surface area contributed by atoms with Crippen molar-refractivity contribution in [2.75, 3.05) is 27.5 Å². The van der Waals surface area contributed by atoms with Crippen LogP contribution < -0.4 is 20.7 Å². The average molecular weight is 751 g/mol. The molecule has 292 valence electrons. The largest absolute Gasteiger partial charge is 0.493 e. The summed E-state index contributed by atoms with van der Waals surface area (Å²) in [6.45, 7) is 5.86. The Balaban J connectivity index is 1.67. The number of carbonyl (C=O) groups is 6. The second-order valence-electron chi connectivity index (χ2n) is 12.2. The van der Waals surface area contributed by atoms with Crippen molar-refractivity contribution in [1.29, 1.82) is 0 Å². The summed E-state index contributed by atoms with van der Waals surface area (Å²) in [4.78, 5) is 81.6. The highest BCUT2D eigenvalue weighted by Gasteiger charge is 2.32. The van der Waals surface area contributed by atoms with Gasteiger partial charge in [0.25, 0.3) is 11.8 Å². The van der Waals surface area contributed by atoms with Gasteiger partial charge in [-0.15, -0.1) is 0 Å². The van der Waals surface area contributed by atoms with Gasteiger partial charge in [-0.3, -0.25) is 28.8 Å². The van der Waals surface area contributed by atoms with Crippen molar-refractivity contribution in [3.05, 3.63) is 77.6 Å². The SMILES string of the molecule is CCCCCC(C(=O)NCNC(=O)c1ccc(-c2ccc(C(=O)NC(CC(=O)OC)C(=O)OC)c(OCC)c2)o1)[C@@H](CC)N(C=O)OCc1ccccc1. The fraction of sp³-hybridized carbons (Fsp3) is 0.436. The number of furan rings is 1. The van der Waals surface area contributed by atoms with Crippen LogP contribution >= 0.6 is 0 Å². The fourth-order valence-electron chi connectivity index (χ4n) is 5.69. The third-order valence-electron chi connectivity index (χ3n) is 8.53. The Hall–Kier alpha value is -5.70. The van der Waals surface area contributed by atoms with Crippen molar-refractivity contribution in [1.82, 2.24) is 21.0 Å². The van der Waals surface area contributed by atoms with E-state index in [-0.39, 0.29) is 42.9 Å². The third kappa shape index (κ3) is 12.5. The first-order valence-corrected chi connectivity index (χ1v) is 17.9. The number of hydrogen-bond acceptors (Lipinski definition) is 11. The van der Waals surface area contributed by atoms with Gasteiger partial charge in [-0.1, -0.05) is 69.5 Å². The highest BCUT2D eigenvalue weighted by Crippen LogP contribution is 2.29. The summed E-state index contributed by atoms with van der Waals surface area (Å²) in [5.41, 5.74) is 1.45. The van der Waals surface area contributed by atoms with E-state index in [0.717, 1.165) is 39.0 Å². The van der Waals surface area contributed by atoms with Crippen molar-refractivity contribution < 1.29 is 52.2 Å². The molecule has 15 nitrogen and oxygen atoms in total. The number of unbranched alkanes of at least 4 members (excludes halogenated alkanes) is 2. The molecule has 3 aromatic rings. The lowest BCUT2D eigenvalue weighted by atomic mass is 9.90. The Bertz CT molecular complexity index is 1690. The molecule has 2 unspecified atom stereocenters. The maximum atomic E-state index is 13.5. The number of carbonyl (C=O) groups excluding carboxylic acids is 6. The molecule has 0 spiro atoms. The van der Waals surface area contributed by atoms with Gasteiger partial charge in [-0.05, 0) is 49.6 Å². The molecule has 0 saturated carbocycles. The molecule has 3 atom stereocenters. The minimum Gasteiger partial charge on any atom is -0.493 e. The van der Waals surface area contributed by atoms with Crippen LogP contribution in [0, 0.1) is 5.92 Å². The molecule has 0 aliphatic rings. The lowest BCUT2D eigenvalue weighted by molar-refractivity contribution is -0.200. The second-order valence-corrected chi connectivity index (χ2v) is 12.2. The summed E-state index contributed by atoms with van der Waals surface area (Å²) in [5, 5.41) is 9.11. The van der Waals surface area contributed by atoms with E-state index in [9.17, 15) is 28.8 Å². The monoisotopic (exact) mass is 750 g/mol. The van der Waals surface area contributed by atoms with Crippen LogP contribution in [0.1, 0.15) is 85.8 Å². The predicted octanol–water partition coefficient (Wildman–Crippen LogP) is 4.55. The smallest absolute Gasteiger partial charge is 0.328 e. The molecule has 0 saturated heterocycles. The van der Waals surface area contributed by atoms with Gasteiger partial charge in [0, 0.05) is 5.56 Å². The topological polar surface area (TPSA) is 192 Å². The van der Waals surface area contributed by atoms with E-state index in [2.05, 4.69) is 27.6 Å². The first kappa shape index (κ1) is 42.7. The number of hydroxylamine groups is 2. The quantitative estimate of drug-likeness (QED) is 0.0405. The number of methoxy groups -OCH3 is 2. The molecule has 1 heterocycles. The van der Waals surface area contributed by atoms with Gasteiger partial charge in [0.15, 0.2) is 5.76 Å². The molecule has 1 aromatic heterocycles. The molecule has 54 heavy (non-hydrogen) atoms. The summed E-state index contributed by atoms with van der Waals surface area (Å²) in [6, 6.07) is 15.2. The standard InChI is InChI=1S/C39H50N4O11/c1-6-9-11-16-28(31(7-2)43(25-44)53-23-26-14-12-10-13-15-26)36(46)40-24-41-38(48)33-20-19-32(54-33)27-17-18-29(34(21-27)52-8-3)37(47)42-30(39(49)51-5)22-35(45)50-4/h10,12-15,17-21,25,28,30-31H,6-9,11,16,22-24H2,1-5H3,(H,40,46)(H,41,48)(H,42,47)/t28?,30?,31-/m1/s1. The average Bonchev–Trinajstić information content (AvgIpc) is 3.69. The summed E-state index contributed by atoms with van der Waals surface area (Å²) in [6.07, 6.45) is 3.81. The number of ether oxygens (including phenoxy) is 3. The van der Waals surface area contributed by atoms with E-state index in [4.69, 9.17) is 18.7 Å². The van der Waals surface area contributed by atoms with Crippen molar-refractivity contribution in [3.63, 3.8) is 0 Å². The van der Waals surface area contributed by atoms with E-state index in [1.807, 2.05) is 37.3 Å². The Labute approximate surface area is 315 Å². The zero-order chi connectivity index (χ0) is 39.5. The van der Waals surface area contributed by atoms with Gasteiger partial charge < -0.3 is 34.6 Å². The minimum atomic E-state index is -1.29. The molecule has 15 heteroatoms. The number of benzene rings is 2. The molecule has 4 amide bonds. The maximum Gasteiger partial charge on any atom is 0.328 e. The fourth-order valence-corrected chi connectivity index (χ4v) is 5.69.